The van der Waals surface area contributed by atoms with E-state index >= 15 is 0 Å². The van der Waals surface area contributed by atoms with E-state index < -0.39 is 0 Å². The van der Waals surface area contributed by atoms with Gasteiger partial charge in [0.15, 0.2) is 0 Å². The van der Waals surface area contributed by atoms with Gasteiger partial charge in [0.2, 0.25) is 0 Å². The quantitative estimate of drug-likeness (QED) is 0.605. The summed E-state index contributed by atoms with van der Waals surface area (Å²) in [6.45, 7) is 0.0140. The summed E-state index contributed by atoms with van der Waals surface area (Å²) in [7, 11) is 0. The highest BCUT2D eigenvalue weighted by Gasteiger charge is 2.02. The molecule has 0 fully saturated rings. The zero-order chi connectivity index (χ0) is 9.84. The number of ether oxygens (including phenoxy) is 1. The number of hydrogen-bond acceptors (Lipinski definition) is 2. The second kappa shape index (κ2) is 4.35. The molecule has 1 aromatic carbocycles. The lowest BCUT2D eigenvalue weighted by Crippen LogP contribution is -2.19. The van der Waals surface area contributed by atoms with Gasteiger partial charge in [-0.1, -0.05) is 23.2 Å². The van der Waals surface area contributed by atoms with Gasteiger partial charge in [-0.05, 0) is 12.1 Å². The topological polar surface area (TPSA) is 59.1 Å². The maximum Gasteiger partial charge on any atom is 0.145 e. The van der Waals surface area contributed by atoms with E-state index in [2.05, 4.69) is 0 Å². The van der Waals surface area contributed by atoms with Gasteiger partial charge in [-0.2, -0.15) is 0 Å². The lowest BCUT2D eigenvalue weighted by molar-refractivity contribution is 0.375. The molecule has 13 heavy (non-hydrogen) atoms. The number of hydrogen-bond donors (Lipinski definition) is 2. The van der Waals surface area contributed by atoms with Crippen molar-refractivity contribution in [1.82, 2.24) is 0 Å². The van der Waals surface area contributed by atoms with Crippen LogP contribution in [0, 0.1) is 5.41 Å². The van der Waals surface area contributed by atoms with Crippen LogP contribution in [-0.2, 0) is 0 Å². The van der Waals surface area contributed by atoms with E-state index in [0.29, 0.717) is 15.8 Å². The maximum absolute atomic E-state index is 6.94. The summed E-state index contributed by atoms with van der Waals surface area (Å²) in [6.07, 6.45) is 0. The van der Waals surface area contributed by atoms with Gasteiger partial charge in [0.05, 0.1) is 5.02 Å². The van der Waals surface area contributed by atoms with Gasteiger partial charge in [0, 0.05) is 11.1 Å². The second-order valence-corrected chi connectivity index (χ2v) is 3.23. The predicted molar refractivity (Wildman–Crippen MR) is 53.9 cm³/mol. The van der Waals surface area contributed by atoms with Crippen molar-refractivity contribution in [3.05, 3.63) is 28.2 Å². The van der Waals surface area contributed by atoms with Crippen molar-refractivity contribution in [3.63, 3.8) is 0 Å². The smallest absolute Gasteiger partial charge is 0.145 e. The van der Waals surface area contributed by atoms with Crippen LogP contribution in [-0.4, -0.2) is 12.4 Å². The first-order chi connectivity index (χ1) is 6.09. The number of halogens is 2. The lowest BCUT2D eigenvalue weighted by Gasteiger charge is -2.06. The lowest BCUT2D eigenvalue weighted by atomic mass is 10.3. The fraction of sp³-hybridized carbons (Fsp3) is 0.125. The molecule has 5 heteroatoms. The molecule has 0 bridgehead atoms. The van der Waals surface area contributed by atoms with E-state index in [0.717, 1.165) is 0 Å². The molecule has 1 rings (SSSR count). The van der Waals surface area contributed by atoms with E-state index in [1.54, 1.807) is 18.2 Å². The third kappa shape index (κ3) is 3.13. The van der Waals surface area contributed by atoms with E-state index in [1.807, 2.05) is 0 Å². The van der Waals surface area contributed by atoms with Gasteiger partial charge < -0.3 is 10.5 Å². The zero-order valence-corrected chi connectivity index (χ0v) is 8.19. The van der Waals surface area contributed by atoms with Crippen molar-refractivity contribution in [2.45, 2.75) is 0 Å². The highest BCUT2D eigenvalue weighted by atomic mass is 35.5. The average Bonchev–Trinajstić information content (AvgIpc) is 2.06. The molecule has 0 aliphatic carbocycles. The second-order valence-electron chi connectivity index (χ2n) is 2.39. The molecule has 0 aliphatic heterocycles. The van der Waals surface area contributed by atoms with Gasteiger partial charge in [-0.3, -0.25) is 5.41 Å². The SMILES string of the molecule is N=C(N)COc1cc(Cl)ccc1Cl. The van der Waals surface area contributed by atoms with Crippen LogP contribution < -0.4 is 10.5 Å². The summed E-state index contributed by atoms with van der Waals surface area (Å²) in [5.74, 6) is 0.375. The molecule has 0 radical (unpaired) electrons. The van der Waals surface area contributed by atoms with Crippen LogP contribution in [0.5, 0.6) is 5.75 Å². The van der Waals surface area contributed by atoms with E-state index in [9.17, 15) is 0 Å². The number of nitrogens with two attached hydrogens (primary N) is 1. The van der Waals surface area contributed by atoms with Crippen molar-refractivity contribution in [1.29, 1.82) is 5.41 Å². The summed E-state index contributed by atoms with van der Waals surface area (Å²) in [5.41, 5.74) is 5.11. The van der Waals surface area contributed by atoms with Gasteiger partial charge in [0.1, 0.15) is 18.2 Å². The summed E-state index contributed by atoms with van der Waals surface area (Å²) >= 11 is 11.5. The Kier molecular flexibility index (Phi) is 3.39. The number of rotatable bonds is 3. The van der Waals surface area contributed by atoms with Crippen LogP contribution in [0.15, 0.2) is 18.2 Å². The molecule has 0 spiro atoms. The Bertz CT molecular complexity index is 328. The first kappa shape index (κ1) is 10.2. The molecule has 0 aromatic heterocycles. The monoisotopic (exact) mass is 218 g/mol. The van der Waals surface area contributed by atoms with Crippen molar-refractivity contribution >= 4 is 29.0 Å². The van der Waals surface area contributed by atoms with E-state index in [-0.39, 0.29) is 12.4 Å². The third-order valence-electron chi connectivity index (χ3n) is 1.28. The van der Waals surface area contributed by atoms with Gasteiger partial charge in [-0.15, -0.1) is 0 Å². The highest BCUT2D eigenvalue weighted by Crippen LogP contribution is 2.27. The van der Waals surface area contributed by atoms with Crippen molar-refractivity contribution in [2.24, 2.45) is 5.73 Å². The Hall–Kier alpha value is -0.930. The Morgan fingerprint density at radius 3 is 2.77 bits per heavy atom. The van der Waals surface area contributed by atoms with Crippen LogP contribution in [0.4, 0.5) is 0 Å². The Labute approximate surface area is 85.9 Å². The van der Waals surface area contributed by atoms with Crippen LogP contribution in [0.25, 0.3) is 0 Å². The van der Waals surface area contributed by atoms with Gasteiger partial charge in [0.25, 0.3) is 0 Å². The van der Waals surface area contributed by atoms with Crippen molar-refractivity contribution in [3.8, 4) is 5.75 Å². The molecular formula is C8H8Cl2N2O. The first-order valence-electron chi connectivity index (χ1n) is 3.50. The standard InChI is InChI=1S/C8H8Cl2N2O/c9-5-1-2-6(10)7(3-5)13-4-8(11)12/h1-3H,4H2,(H3,11,12). The van der Waals surface area contributed by atoms with Crippen LogP contribution in [0.2, 0.25) is 10.0 Å². The molecule has 3 nitrogen and oxygen atoms in total. The molecule has 3 N–H and O–H groups in total. The fourth-order valence-corrected chi connectivity index (χ4v) is 1.08. The molecule has 0 unspecified atom stereocenters. The molecule has 1 aromatic rings. The van der Waals surface area contributed by atoms with E-state index in [4.69, 9.17) is 39.1 Å². The summed E-state index contributed by atoms with van der Waals surface area (Å²) in [6, 6.07) is 4.86. The fourth-order valence-electron chi connectivity index (χ4n) is 0.743. The third-order valence-corrected chi connectivity index (χ3v) is 1.82. The molecule has 0 aliphatic rings. The minimum Gasteiger partial charge on any atom is -0.484 e. The minimum atomic E-state index is -0.0592. The number of nitrogens with one attached hydrogen (secondary N) is 1. The Balaban J connectivity index is 2.75. The van der Waals surface area contributed by atoms with E-state index in [1.165, 1.54) is 0 Å². The maximum atomic E-state index is 6.94. The molecule has 0 saturated carbocycles. The molecule has 0 saturated heterocycles. The summed E-state index contributed by atoms with van der Waals surface area (Å²) in [4.78, 5) is 0. The molecule has 0 heterocycles. The molecular weight excluding hydrogens is 211 g/mol. The summed E-state index contributed by atoms with van der Waals surface area (Å²) in [5, 5.41) is 7.92. The number of amidine groups is 1. The number of benzene rings is 1. The largest absolute Gasteiger partial charge is 0.484 e. The highest BCUT2D eigenvalue weighted by molar-refractivity contribution is 6.34. The molecule has 0 atom stereocenters. The Morgan fingerprint density at radius 2 is 2.15 bits per heavy atom. The van der Waals surface area contributed by atoms with Crippen LogP contribution in [0.1, 0.15) is 0 Å². The molecule has 70 valence electrons. The average molecular weight is 219 g/mol. The zero-order valence-electron chi connectivity index (χ0n) is 6.68. The molecule has 0 amide bonds. The minimum absolute atomic E-state index is 0.0140. The normalized spacial score (nSPS) is 9.69. The van der Waals surface area contributed by atoms with Crippen LogP contribution in [0.3, 0.4) is 0 Å². The van der Waals surface area contributed by atoms with Crippen molar-refractivity contribution in [2.75, 3.05) is 6.61 Å². The van der Waals surface area contributed by atoms with Gasteiger partial charge in [-0.25, -0.2) is 0 Å². The summed E-state index contributed by atoms with van der Waals surface area (Å²) < 4.78 is 5.11. The van der Waals surface area contributed by atoms with Crippen LogP contribution >= 0.6 is 23.2 Å². The predicted octanol–water partition coefficient (Wildman–Crippen LogP) is 2.31. The Morgan fingerprint density at radius 1 is 1.46 bits per heavy atom. The van der Waals surface area contributed by atoms with Crippen molar-refractivity contribution < 1.29 is 4.74 Å². The van der Waals surface area contributed by atoms with Gasteiger partial charge >= 0.3 is 0 Å². The first-order valence-corrected chi connectivity index (χ1v) is 4.26.